The molecule has 0 amide bonds. The molecule has 2 heterocycles. The van der Waals surface area contributed by atoms with Crippen LogP contribution in [0.5, 0.6) is 0 Å². The number of benzene rings is 1. The summed E-state index contributed by atoms with van der Waals surface area (Å²) in [5.41, 5.74) is 3.16. The van der Waals surface area contributed by atoms with Gasteiger partial charge in [-0.05, 0) is 57.7 Å². The summed E-state index contributed by atoms with van der Waals surface area (Å²) in [6, 6.07) is 11.6. The Kier molecular flexibility index (Phi) is 5.53. The molecule has 30 heavy (non-hydrogen) atoms. The second-order valence-corrected chi connectivity index (χ2v) is 8.38. The van der Waals surface area contributed by atoms with Gasteiger partial charge >= 0.3 is 0 Å². The van der Waals surface area contributed by atoms with E-state index in [2.05, 4.69) is 43.2 Å². The van der Waals surface area contributed by atoms with Gasteiger partial charge in [-0.2, -0.15) is 9.61 Å². The largest absolute Gasteiger partial charge is 0.390 e. The van der Waals surface area contributed by atoms with Crippen LogP contribution in [0.2, 0.25) is 0 Å². The van der Waals surface area contributed by atoms with Crippen LogP contribution in [0.4, 0.5) is 5.82 Å². The maximum Gasteiger partial charge on any atom is 0.157 e. The molecule has 4 rings (SSSR count). The lowest BCUT2D eigenvalue weighted by Crippen LogP contribution is -2.35. The zero-order valence-corrected chi connectivity index (χ0v) is 17.6. The van der Waals surface area contributed by atoms with Gasteiger partial charge in [-0.25, -0.2) is 4.98 Å². The lowest BCUT2D eigenvalue weighted by atomic mass is 9.95. The predicted octanol–water partition coefficient (Wildman–Crippen LogP) is 3.02. The zero-order valence-electron chi connectivity index (χ0n) is 17.6. The molecule has 0 aliphatic heterocycles. The minimum Gasteiger partial charge on any atom is -0.390 e. The summed E-state index contributed by atoms with van der Waals surface area (Å²) in [5.74, 6) is 0.502. The first kappa shape index (κ1) is 20.8. The summed E-state index contributed by atoms with van der Waals surface area (Å²) in [7, 11) is 0. The van der Waals surface area contributed by atoms with Crippen LogP contribution in [0.1, 0.15) is 32.8 Å². The van der Waals surface area contributed by atoms with Crippen molar-refractivity contribution < 1.29 is 14.9 Å². The molecule has 3 N–H and O–H groups in total. The highest BCUT2D eigenvalue weighted by Crippen LogP contribution is 2.31. The predicted molar refractivity (Wildman–Crippen MR) is 116 cm³/mol. The van der Waals surface area contributed by atoms with Gasteiger partial charge in [0.25, 0.3) is 0 Å². The van der Waals surface area contributed by atoms with E-state index in [1.54, 1.807) is 10.7 Å². The Balaban J connectivity index is 1.66. The summed E-state index contributed by atoms with van der Waals surface area (Å²) in [6.45, 7) is 10.7. The lowest BCUT2D eigenvalue weighted by molar-refractivity contribution is -0.0139. The summed E-state index contributed by atoms with van der Waals surface area (Å²) in [6.07, 6.45) is 0.583. The van der Waals surface area contributed by atoms with Crippen LogP contribution in [0.15, 0.2) is 42.6 Å². The van der Waals surface area contributed by atoms with Gasteiger partial charge in [0.1, 0.15) is 11.9 Å². The normalized spacial score (nSPS) is 24.5. The van der Waals surface area contributed by atoms with Gasteiger partial charge in [0.15, 0.2) is 5.65 Å². The van der Waals surface area contributed by atoms with Crippen LogP contribution in [0.3, 0.4) is 0 Å². The average molecular weight is 410 g/mol. The van der Waals surface area contributed by atoms with Gasteiger partial charge in [0.05, 0.1) is 23.4 Å². The number of anilines is 1. The Hall–Kier alpha value is -2.48. The van der Waals surface area contributed by atoms with Crippen LogP contribution in [0.25, 0.3) is 16.9 Å². The molecular weight excluding hydrogens is 380 g/mol. The van der Waals surface area contributed by atoms with Crippen LogP contribution in [-0.4, -0.2) is 49.7 Å². The Bertz CT molecular complexity index is 1030. The van der Waals surface area contributed by atoms with E-state index in [0.29, 0.717) is 24.5 Å². The van der Waals surface area contributed by atoms with Crippen molar-refractivity contribution in [3.63, 3.8) is 0 Å². The fraction of sp³-hybridized carbons (Fsp3) is 0.435. The maximum absolute atomic E-state index is 10.3. The SMILES string of the molecule is [CH2][C@@H]1C[C@@H](Nc2ccnc3cc(-c4cccc(C(C)(C)OCC)c4)nn23)[C@H](O)[C@@H]1O. The van der Waals surface area contributed by atoms with Crippen molar-refractivity contribution in [2.45, 2.75) is 51.0 Å². The fourth-order valence-electron chi connectivity index (χ4n) is 4.10. The average Bonchev–Trinajstić information content (AvgIpc) is 3.26. The molecule has 7 heteroatoms. The number of hydrogen-bond donors (Lipinski definition) is 3. The second kappa shape index (κ2) is 7.98. The van der Waals surface area contributed by atoms with E-state index >= 15 is 0 Å². The molecule has 0 spiro atoms. The molecule has 0 bridgehead atoms. The Morgan fingerprint density at radius 1 is 1.23 bits per heavy atom. The number of rotatable bonds is 6. The Morgan fingerprint density at radius 2 is 2.03 bits per heavy atom. The third-order valence-electron chi connectivity index (χ3n) is 5.85. The first-order chi connectivity index (χ1) is 14.3. The van der Waals surface area contributed by atoms with Gasteiger partial charge in [-0.3, -0.25) is 0 Å². The third-order valence-corrected chi connectivity index (χ3v) is 5.85. The van der Waals surface area contributed by atoms with Gasteiger partial charge in [0.2, 0.25) is 0 Å². The van der Waals surface area contributed by atoms with E-state index in [0.717, 1.165) is 16.8 Å². The highest BCUT2D eigenvalue weighted by atomic mass is 16.5. The number of nitrogens with one attached hydrogen (secondary N) is 1. The topological polar surface area (TPSA) is 91.9 Å². The number of fused-ring (bicyclic) bond motifs is 1. The quantitative estimate of drug-likeness (QED) is 0.580. The van der Waals surface area contributed by atoms with E-state index in [4.69, 9.17) is 9.84 Å². The molecule has 1 aliphatic carbocycles. The molecule has 1 saturated carbocycles. The van der Waals surface area contributed by atoms with Gasteiger partial charge in [-0.15, -0.1) is 0 Å². The Morgan fingerprint density at radius 3 is 2.73 bits per heavy atom. The molecule has 159 valence electrons. The number of nitrogens with zero attached hydrogens (tertiary/aromatic N) is 3. The molecule has 1 aliphatic rings. The monoisotopic (exact) mass is 409 g/mol. The van der Waals surface area contributed by atoms with Crippen molar-refractivity contribution in [3.05, 3.63) is 55.1 Å². The van der Waals surface area contributed by atoms with Gasteiger partial charge in [-0.1, -0.05) is 18.2 Å². The molecule has 4 atom stereocenters. The molecule has 1 radical (unpaired) electrons. The summed E-state index contributed by atoms with van der Waals surface area (Å²) in [4.78, 5) is 4.42. The van der Waals surface area contributed by atoms with E-state index in [9.17, 15) is 10.2 Å². The maximum atomic E-state index is 10.3. The van der Waals surface area contributed by atoms with Crippen molar-refractivity contribution in [2.24, 2.45) is 5.92 Å². The summed E-state index contributed by atoms with van der Waals surface area (Å²) in [5, 5.41) is 28.3. The number of ether oxygens (including phenoxy) is 1. The molecular formula is C23H29N4O3. The van der Waals surface area contributed by atoms with Crippen LogP contribution >= 0.6 is 0 Å². The van der Waals surface area contributed by atoms with Crippen LogP contribution < -0.4 is 5.32 Å². The van der Waals surface area contributed by atoms with Crippen molar-refractivity contribution in [3.8, 4) is 11.3 Å². The third kappa shape index (κ3) is 3.80. The van der Waals surface area contributed by atoms with E-state index in [-0.39, 0.29) is 17.6 Å². The van der Waals surface area contributed by atoms with Crippen LogP contribution in [0, 0.1) is 12.8 Å². The smallest absolute Gasteiger partial charge is 0.157 e. The Labute approximate surface area is 176 Å². The zero-order chi connectivity index (χ0) is 21.5. The highest BCUT2D eigenvalue weighted by Gasteiger charge is 2.39. The van der Waals surface area contributed by atoms with Crippen molar-refractivity contribution in [2.75, 3.05) is 11.9 Å². The minimum absolute atomic E-state index is 0.209. The highest BCUT2D eigenvalue weighted by molar-refractivity contribution is 5.66. The summed E-state index contributed by atoms with van der Waals surface area (Å²) >= 11 is 0. The van der Waals surface area contributed by atoms with Gasteiger partial charge in [0, 0.05) is 24.4 Å². The first-order valence-electron chi connectivity index (χ1n) is 10.4. The fourth-order valence-corrected chi connectivity index (χ4v) is 4.10. The first-order valence-corrected chi connectivity index (χ1v) is 10.4. The molecule has 7 nitrogen and oxygen atoms in total. The minimum atomic E-state index is -0.872. The number of aliphatic hydroxyl groups excluding tert-OH is 2. The number of aliphatic hydroxyl groups is 2. The lowest BCUT2D eigenvalue weighted by Gasteiger charge is -2.25. The van der Waals surface area contributed by atoms with E-state index in [1.165, 1.54) is 0 Å². The molecule has 2 aromatic heterocycles. The molecule has 1 fully saturated rings. The van der Waals surface area contributed by atoms with E-state index < -0.39 is 12.2 Å². The van der Waals surface area contributed by atoms with Crippen molar-refractivity contribution in [1.29, 1.82) is 0 Å². The van der Waals surface area contributed by atoms with Gasteiger partial charge < -0.3 is 20.3 Å². The van der Waals surface area contributed by atoms with Crippen molar-refractivity contribution >= 4 is 11.5 Å². The van der Waals surface area contributed by atoms with E-state index in [1.807, 2.05) is 31.2 Å². The van der Waals surface area contributed by atoms with Crippen LogP contribution in [-0.2, 0) is 10.3 Å². The standard InChI is InChI=1S/C23H29N4O3/c1-5-30-23(3,4)16-8-6-7-15(12-16)17-13-20-24-10-9-19(27(20)26-17)25-18-11-14(2)21(28)22(18)29/h6-10,12-14,18,21-22,25,28-29H,2,5,11H2,1,3-4H3/t14-,18-,21-,22+/m1/s1. The molecule has 0 saturated heterocycles. The summed E-state index contributed by atoms with van der Waals surface area (Å²) < 4.78 is 7.62. The second-order valence-electron chi connectivity index (χ2n) is 8.38. The number of hydrogen-bond acceptors (Lipinski definition) is 6. The molecule has 1 aromatic carbocycles. The number of aromatic nitrogens is 3. The molecule has 3 aromatic rings. The van der Waals surface area contributed by atoms with Crippen molar-refractivity contribution in [1.82, 2.24) is 14.6 Å². The molecule has 0 unspecified atom stereocenters.